The second-order valence-corrected chi connectivity index (χ2v) is 8.18. The molecule has 0 saturated heterocycles. The number of benzene rings is 1. The van der Waals surface area contributed by atoms with Gasteiger partial charge in [0.2, 0.25) is 0 Å². The van der Waals surface area contributed by atoms with Crippen molar-refractivity contribution in [2.24, 2.45) is 0 Å². The second kappa shape index (κ2) is 5.65. The highest BCUT2D eigenvalue weighted by molar-refractivity contribution is 6.12. The second-order valence-electron chi connectivity index (χ2n) is 8.18. The van der Waals surface area contributed by atoms with Crippen molar-refractivity contribution in [3.05, 3.63) is 52.3 Å². The van der Waals surface area contributed by atoms with Crippen molar-refractivity contribution in [3.63, 3.8) is 0 Å². The first-order chi connectivity index (χ1) is 13.3. The molecule has 0 spiro atoms. The molecule has 1 N–H and O–H groups in total. The average molecular weight is 359 g/mol. The maximum atomic E-state index is 13.2. The van der Waals surface area contributed by atoms with Crippen molar-refractivity contribution >= 4 is 22.7 Å². The van der Waals surface area contributed by atoms with Crippen LogP contribution in [-0.4, -0.2) is 16.0 Å². The van der Waals surface area contributed by atoms with Gasteiger partial charge in [0, 0.05) is 23.2 Å². The van der Waals surface area contributed by atoms with Crippen LogP contribution in [0.25, 0.3) is 11.1 Å². The lowest BCUT2D eigenvalue weighted by Gasteiger charge is -2.10. The summed E-state index contributed by atoms with van der Waals surface area (Å²) < 4.78 is 5.53. The molecule has 2 saturated carbocycles. The highest BCUT2D eigenvalue weighted by Gasteiger charge is 2.34. The molecule has 0 radical (unpaired) electrons. The zero-order valence-electron chi connectivity index (χ0n) is 15.1. The molecule has 1 amide bonds. The topological polar surface area (TPSA) is 68.0 Å². The number of fused-ring (bicyclic) bond motifs is 2. The lowest BCUT2D eigenvalue weighted by molar-refractivity contribution is 0.102. The van der Waals surface area contributed by atoms with Crippen molar-refractivity contribution in [2.45, 2.75) is 56.8 Å². The maximum absolute atomic E-state index is 13.2. The van der Waals surface area contributed by atoms with Crippen LogP contribution in [0.15, 0.2) is 28.8 Å². The first kappa shape index (κ1) is 15.4. The van der Waals surface area contributed by atoms with E-state index in [1.165, 1.54) is 17.5 Å². The molecule has 6 rings (SSSR count). The fourth-order valence-electron chi connectivity index (χ4n) is 4.24. The monoisotopic (exact) mass is 359 g/mol. The summed E-state index contributed by atoms with van der Waals surface area (Å²) in [6.07, 6.45) is 7.93. The third-order valence-electron chi connectivity index (χ3n) is 6.05. The van der Waals surface area contributed by atoms with E-state index in [4.69, 9.17) is 4.52 Å². The third-order valence-corrected chi connectivity index (χ3v) is 6.05. The van der Waals surface area contributed by atoms with E-state index in [2.05, 4.69) is 27.6 Å². The Morgan fingerprint density at radius 2 is 1.85 bits per heavy atom. The Hall–Kier alpha value is -2.69. The Kier molecular flexibility index (Phi) is 3.22. The summed E-state index contributed by atoms with van der Waals surface area (Å²) in [5.74, 6) is 0.772. The number of hydrogen-bond acceptors (Lipinski definition) is 4. The van der Waals surface area contributed by atoms with Crippen molar-refractivity contribution in [2.75, 3.05) is 5.32 Å². The van der Waals surface area contributed by atoms with E-state index in [1.54, 1.807) is 0 Å². The predicted molar refractivity (Wildman–Crippen MR) is 102 cm³/mol. The van der Waals surface area contributed by atoms with E-state index >= 15 is 0 Å². The van der Waals surface area contributed by atoms with Crippen molar-refractivity contribution in [1.29, 1.82) is 0 Å². The Morgan fingerprint density at radius 1 is 1.04 bits per heavy atom. The molecule has 1 aromatic carbocycles. The average Bonchev–Trinajstić information content (AvgIpc) is 3.61. The molecular formula is C22H21N3O2. The van der Waals surface area contributed by atoms with Gasteiger partial charge in [0.05, 0.1) is 16.6 Å². The highest BCUT2D eigenvalue weighted by atomic mass is 16.5. The minimum absolute atomic E-state index is 0.0904. The molecule has 27 heavy (non-hydrogen) atoms. The summed E-state index contributed by atoms with van der Waals surface area (Å²) in [6.45, 7) is 0. The van der Waals surface area contributed by atoms with Gasteiger partial charge in [0.15, 0.2) is 0 Å². The van der Waals surface area contributed by atoms with Crippen LogP contribution < -0.4 is 5.32 Å². The zero-order chi connectivity index (χ0) is 18.0. The largest absolute Gasteiger partial charge is 0.335 e. The van der Waals surface area contributed by atoms with Gasteiger partial charge < -0.3 is 9.84 Å². The van der Waals surface area contributed by atoms with Gasteiger partial charge in [0.25, 0.3) is 11.6 Å². The van der Waals surface area contributed by atoms with Gasteiger partial charge >= 0.3 is 0 Å². The molecule has 5 heteroatoms. The van der Waals surface area contributed by atoms with Gasteiger partial charge in [-0.2, -0.15) is 0 Å². The Morgan fingerprint density at radius 3 is 2.67 bits per heavy atom. The number of carbonyl (C=O) groups is 1. The van der Waals surface area contributed by atoms with E-state index < -0.39 is 0 Å². The van der Waals surface area contributed by atoms with Gasteiger partial charge in [-0.1, -0.05) is 11.2 Å². The highest BCUT2D eigenvalue weighted by Crippen LogP contribution is 2.45. The van der Waals surface area contributed by atoms with E-state index in [1.807, 2.05) is 12.1 Å². The van der Waals surface area contributed by atoms with Gasteiger partial charge in [-0.15, -0.1) is 0 Å². The van der Waals surface area contributed by atoms with Crippen molar-refractivity contribution in [1.82, 2.24) is 10.1 Å². The fraction of sp³-hybridized carbons (Fsp3) is 0.409. The molecule has 136 valence electrons. The summed E-state index contributed by atoms with van der Waals surface area (Å²) in [4.78, 5) is 17.9. The van der Waals surface area contributed by atoms with Crippen molar-refractivity contribution < 1.29 is 9.32 Å². The number of aryl methyl sites for hydroxylation is 2. The Bertz CT molecular complexity index is 1080. The van der Waals surface area contributed by atoms with Crippen LogP contribution >= 0.6 is 0 Å². The van der Waals surface area contributed by atoms with E-state index in [-0.39, 0.29) is 5.91 Å². The first-order valence-electron chi connectivity index (χ1n) is 9.99. The number of nitrogens with zero attached hydrogens (tertiary/aromatic N) is 2. The predicted octanol–water partition coefficient (Wildman–Crippen LogP) is 4.72. The van der Waals surface area contributed by atoms with Crippen LogP contribution in [0.1, 0.15) is 76.8 Å². The van der Waals surface area contributed by atoms with Crippen molar-refractivity contribution in [3.8, 4) is 0 Å². The summed E-state index contributed by atoms with van der Waals surface area (Å²) in [7, 11) is 0. The van der Waals surface area contributed by atoms with Crippen LogP contribution in [0.2, 0.25) is 0 Å². The van der Waals surface area contributed by atoms with E-state index in [0.29, 0.717) is 23.1 Å². The summed E-state index contributed by atoms with van der Waals surface area (Å²) >= 11 is 0. The molecule has 3 aliphatic rings. The number of amides is 1. The number of nitrogens with one attached hydrogen (secondary N) is 1. The van der Waals surface area contributed by atoms with E-state index in [0.717, 1.165) is 61.0 Å². The van der Waals surface area contributed by atoms with Gasteiger partial charge in [-0.05, 0) is 74.3 Å². The van der Waals surface area contributed by atoms with Crippen LogP contribution in [0, 0.1) is 0 Å². The quantitative estimate of drug-likeness (QED) is 0.732. The van der Waals surface area contributed by atoms with Gasteiger partial charge in [-0.25, -0.2) is 4.98 Å². The smallest absolute Gasteiger partial charge is 0.259 e. The summed E-state index contributed by atoms with van der Waals surface area (Å²) in [6, 6.07) is 8.24. The minimum Gasteiger partial charge on any atom is -0.335 e. The standard InChI is InChI=1S/C22H21N3O2/c26-21(23-16-9-8-12-2-1-3-15(12)10-16)17-11-18(13-4-5-13)24-22-19(17)20(25-27-22)14-6-7-14/h8-11,13-14H,1-7H2,(H,23,26). The Balaban J connectivity index is 1.41. The lowest BCUT2D eigenvalue weighted by Crippen LogP contribution is -2.14. The normalized spacial score (nSPS) is 18.7. The SMILES string of the molecule is O=C(Nc1ccc2c(c1)CCC2)c1cc(C2CC2)nc2onc(C3CC3)c12. The van der Waals surface area contributed by atoms with Crippen LogP contribution in [-0.2, 0) is 12.8 Å². The number of carbonyl (C=O) groups excluding carboxylic acids is 1. The minimum atomic E-state index is -0.0904. The number of rotatable bonds is 4. The van der Waals surface area contributed by atoms with Gasteiger partial charge in [0.1, 0.15) is 0 Å². The third kappa shape index (κ3) is 2.64. The zero-order valence-corrected chi connectivity index (χ0v) is 15.1. The number of anilines is 1. The molecule has 5 nitrogen and oxygen atoms in total. The molecule has 0 atom stereocenters. The maximum Gasteiger partial charge on any atom is 0.259 e. The molecule has 2 aromatic heterocycles. The van der Waals surface area contributed by atoms with Gasteiger partial charge in [-0.3, -0.25) is 4.79 Å². The molecule has 2 fully saturated rings. The summed E-state index contributed by atoms with van der Waals surface area (Å²) in [5.41, 5.74) is 6.66. The first-order valence-corrected chi connectivity index (χ1v) is 9.99. The molecule has 3 aliphatic carbocycles. The van der Waals surface area contributed by atoms with Crippen LogP contribution in [0.5, 0.6) is 0 Å². The fourth-order valence-corrected chi connectivity index (χ4v) is 4.24. The number of pyridine rings is 1. The van der Waals surface area contributed by atoms with E-state index in [9.17, 15) is 4.79 Å². The number of aromatic nitrogens is 2. The van der Waals surface area contributed by atoms with Crippen LogP contribution in [0.4, 0.5) is 5.69 Å². The van der Waals surface area contributed by atoms with Crippen LogP contribution in [0.3, 0.4) is 0 Å². The molecule has 2 heterocycles. The molecule has 0 unspecified atom stereocenters. The molecule has 0 aliphatic heterocycles. The number of hydrogen-bond donors (Lipinski definition) is 1. The molecule has 0 bridgehead atoms. The lowest BCUT2D eigenvalue weighted by atomic mass is 10.0. The molecule has 3 aromatic rings. The summed E-state index contributed by atoms with van der Waals surface area (Å²) in [5, 5.41) is 8.17. The Labute approximate surface area is 157 Å². The molecular weight excluding hydrogens is 338 g/mol.